The molecule has 2 aromatic heterocycles. The third-order valence-electron chi connectivity index (χ3n) is 4.94. The molecule has 0 saturated heterocycles. The summed E-state index contributed by atoms with van der Waals surface area (Å²) in [5.41, 5.74) is 10.3. The van der Waals surface area contributed by atoms with E-state index < -0.39 is 0 Å². The lowest BCUT2D eigenvalue weighted by Gasteiger charge is -2.10. The Kier molecular flexibility index (Phi) is 4.76. The Morgan fingerprint density at radius 3 is 2.38 bits per heavy atom. The van der Waals surface area contributed by atoms with Gasteiger partial charge in [-0.05, 0) is 37.1 Å². The number of fused-ring (bicyclic) bond motifs is 2. The molecule has 0 aliphatic carbocycles. The topological polar surface area (TPSA) is 86.5 Å². The fourth-order valence-corrected chi connectivity index (χ4v) is 4.36. The van der Waals surface area contributed by atoms with Crippen molar-refractivity contribution >= 4 is 49.7 Å². The Labute approximate surface area is 172 Å². The van der Waals surface area contributed by atoms with Crippen LogP contribution in [0.3, 0.4) is 0 Å². The summed E-state index contributed by atoms with van der Waals surface area (Å²) < 4.78 is 10.7. The molecule has 7 heteroatoms. The molecule has 0 spiro atoms. The van der Waals surface area contributed by atoms with Crippen molar-refractivity contribution in [3.05, 3.63) is 52.4 Å². The monoisotopic (exact) mass is 407 g/mol. The molecule has 3 N–H and O–H groups in total. The van der Waals surface area contributed by atoms with E-state index in [0.717, 1.165) is 33.1 Å². The van der Waals surface area contributed by atoms with Crippen LogP contribution in [0.25, 0.3) is 21.1 Å². The number of amides is 1. The van der Waals surface area contributed by atoms with Crippen LogP contribution in [0.5, 0.6) is 11.5 Å². The highest BCUT2D eigenvalue weighted by molar-refractivity contribution is 7.21. The molecule has 0 atom stereocenters. The Morgan fingerprint density at radius 1 is 1.07 bits per heavy atom. The summed E-state index contributed by atoms with van der Waals surface area (Å²) in [5.74, 6) is 0.981. The first-order chi connectivity index (χ1) is 13.9. The molecule has 6 nitrogen and oxygen atoms in total. The van der Waals surface area contributed by atoms with Gasteiger partial charge in [-0.1, -0.05) is 18.2 Å². The molecular weight excluding hydrogens is 386 g/mol. The number of carbonyl (C=O) groups excluding carboxylic acids is 1. The van der Waals surface area contributed by atoms with Gasteiger partial charge in [-0.2, -0.15) is 0 Å². The molecule has 0 radical (unpaired) electrons. The molecule has 2 heterocycles. The molecule has 0 aliphatic heterocycles. The zero-order valence-corrected chi connectivity index (χ0v) is 17.4. The number of hydrogen-bond acceptors (Lipinski definition) is 6. The van der Waals surface area contributed by atoms with E-state index in [9.17, 15) is 4.79 Å². The number of rotatable bonds is 4. The van der Waals surface area contributed by atoms with Crippen molar-refractivity contribution in [3.8, 4) is 11.5 Å². The summed E-state index contributed by atoms with van der Waals surface area (Å²) in [6.45, 7) is 3.93. The summed E-state index contributed by atoms with van der Waals surface area (Å²) in [5, 5.41) is 4.61. The van der Waals surface area contributed by atoms with Crippen molar-refractivity contribution in [2.75, 3.05) is 25.3 Å². The van der Waals surface area contributed by atoms with Gasteiger partial charge in [0.2, 0.25) is 0 Å². The van der Waals surface area contributed by atoms with Crippen LogP contribution in [0.15, 0.2) is 36.4 Å². The average molecular weight is 407 g/mol. The van der Waals surface area contributed by atoms with Crippen LogP contribution in [0.2, 0.25) is 0 Å². The number of ether oxygens (including phenoxy) is 2. The SMILES string of the molecule is COc1cc2cc3c(N)c(C(=O)Nc4c(C)cccc4C)sc3nc2cc1OC. The maximum Gasteiger partial charge on any atom is 0.267 e. The highest BCUT2D eigenvalue weighted by atomic mass is 32.1. The number of benzene rings is 2. The summed E-state index contributed by atoms with van der Waals surface area (Å²) in [4.78, 5) is 18.8. The summed E-state index contributed by atoms with van der Waals surface area (Å²) in [6.07, 6.45) is 0. The van der Waals surface area contributed by atoms with Gasteiger partial charge in [0.1, 0.15) is 9.71 Å². The van der Waals surface area contributed by atoms with E-state index in [0.29, 0.717) is 26.9 Å². The number of methoxy groups -OCH3 is 2. The predicted octanol–water partition coefficient (Wildman–Crippen LogP) is 4.92. The van der Waals surface area contributed by atoms with Gasteiger partial charge in [-0.15, -0.1) is 11.3 Å². The lowest BCUT2D eigenvalue weighted by Crippen LogP contribution is -2.13. The van der Waals surface area contributed by atoms with Crippen molar-refractivity contribution in [2.45, 2.75) is 13.8 Å². The molecule has 148 valence electrons. The van der Waals surface area contributed by atoms with Crippen LogP contribution < -0.4 is 20.5 Å². The highest BCUT2D eigenvalue weighted by Gasteiger charge is 2.20. The van der Waals surface area contributed by atoms with Gasteiger partial charge in [0, 0.05) is 22.5 Å². The number of nitrogens with zero attached hydrogens (tertiary/aromatic N) is 1. The summed E-state index contributed by atoms with van der Waals surface area (Å²) >= 11 is 1.28. The van der Waals surface area contributed by atoms with Crippen LogP contribution >= 0.6 is 11.3 Å². The fourth-order valence-electron chi connectivity index (χ4n) is 3.38. The third kappa shape index (κ3) is 3.23. The number of hydrogen-bond donors (Lipinski definition) is 2. The van der Waals surface area contributed by atoms with Gasteiger partial charge in [0.05, 0.1) is 25.4 Å². The second kappa shape index (κ2) is 7.25. The number of anilines is 2. The number of aryl methyl sites for hydroxylation is 2. The average Bonchev–Trinajstić information content (AvgIpc) is 3.03. The first kappa shape index (κ1) is 19.0. The van der Waals surface area contributed by atoms with E-state index in [1.54, 1.807) is 14.2 Å². The molecule has 2 aromatic carbocycles. The van der Waals surface area contributed by atoms with Crippen molar-refractivity contribution in [3.63, 3.8) is 0 Å². The normalized spacial score (nSPS) is 11.0. The number of thiophene rings is 1. The Morgan fingerprint density at radius 2 is 1.72 bits per heavy atom. The van der Waals surface area contributed by atoms with Crippen LogP contribution in [0.1, 0.15) is 20.8 Å². The maximum atomic E-state index is 13.0. The zero-order chi connectivity index (χ0) is 20.7. The minimum atomic E-state index is -0.234. The summed E-state index contributed by atoms with van der Waals surface area (Å²) in [7, 11) is 3.17. The van der Waals surface area contributed by atoms with Crippen LogP contribution in [0.4, 0.5) is 11.4 Å². The van der Waals surface area contributed by atoms with Crippen LogP contribution in [0, 0.1) is 13.8 Å². The van der Waals surface area contributed by atoms with E-state index in [1.165, 1.54) is 11.3 Å². The smallest absolute Gasteiger partial charge is 0.267 e. The van der Waals surface area contributed by atoms with Gasteiger partial charge in [0.25, 0.3) is 5.91 Å². The lowest BCUT2D eigenvalue weighted by atomic mass is 10.1. The molecule has 0 aliphatic rings. The summed E-state index contributed by atoms with van der Waals surface area (Å²) in [6, 6.07) is 11.5. The van der Waals surface area contributed by atoms with Gasteiger partial charge in [0.15, 0.2) is 11.5 Å². The predicted molar refractivity (Wildman–Crippen MR) is 119 cm³/mol. The third-order valence-corrected chi connectivity index (χ3v) is 6.06. The molecule has 0 fully saturated rings. The number of nitrogens with one attached hydrogen (secondary N) is 1. The second-order valence-corrected chi connectivity index (χ2v) is 7.81. The van der Waals surface area contributed by atoms with E-state index >= 15 is 0 Å². The van der Waals surface area contributed by atoms with E-state index in [4.69, 9.17) is 20.2 Å². The van der Waals surface area contributed by atoms with Gasteiger partial charge >= 0.3 is 0 Å². The van der Waals surface area contributed by atoms with Crippen molar-refractivity contribution in [1.82, 2.24) is 4.98 Å². The molecular formula is C22H21N3O3S. The van der Waals surface area contributed by atoms with Crippen molar-refractivity contribution < 1.29 is 14.3 Å². The quantitative estimate of drug-likeness (QED) is 0.501. The number of para-hydroxylation sites is 1. The highest BCUT2D eigenvalue weighted by Crippen LogP contribution is 2.38. The number of pyridine rings is 1. The molecule has 0 unspecified atom stereocenters. The first-order valence-electron chi connectivity index (χ1n) is 9.05. The first-order valence-corrected chi connectivity index (χ1v) is 9.87. The molecule has 0 bridgehead atoms. The van der Waals surface area contributed by atoms with Crippen molar-refractivity contribution in [1.29, 1.82) is 0 Å². The maximum absolute atomic E-state index is 13.0. The van der Waals surface area contributed by atoms with Gasteiger partial charge in [-0.3, -0.25) is 4.79 Å². The van der Waals surface area contributed by atoms with E-state index in [-0.39, 0.29) is 5.91 Å². The number of carbonyl (C=O) groups is 1. The minimum absolute atomic E-state index is 0.234. The van der Waals surface area contributed by atoms with Gasteiger partial charge < -0.3 is 20.5 Å². The largest absolute Gasteiger partial charge is 0.493 e. The number of aromatic nitrogens is 1. The molecule has 1 amide bonds. The van der Waals surface area contributed by atoms with Crippen LogP contribution in [-0.2, 0) is 0 Å². The molecule has 4 rings (SSSR count). The number of nitrogen functional groups attached to an aromatic ring is 1. The van der Waals surface area contributed by atoms with Crippen LogP contribution in [-0.4, -0.2) is 25.1 Å². The van der Waals surface area contributed by atoms with E-state index in [2.05, 4.69) is 5.32 Å². The fraction of sp³-hybridized carbons (Fsp3) is 0.182. The van der Waals surface area contributed by atoms with Gasteiger partial charge in [-0.25, -0.2) is 4.98 Å². The molecule has 29 heavy (non-hydrogen) atoms. The Bertz CT molecular complexity index is 1240. The Hall–Kier alpha value is -3.32. The zero-order valence-electron chi connectivity index (χ0n) is 16.6. The molecule has 4 aromatic rings. The van der Waals surface area contributed by atoms with E-state index in [1.807, 2.05) is 50.2 Å². The number of nitrogens with two attached hydrogens (primary N) is 1. The Balaban J connectivity index is 1.80. The standard InChI is InChI=1S/C22H21N3O3S/c1-11-6-5-7-12(2)19(11)25-21(26)20-18(23)14-8-13-9-16(27-3)17(28-4)10-15(13)24-22(14)29-20/h5-10H,23H2,1-4H3,(H,25,26). The second-order valence-electron chi connectivity index (χ2n) is 6.81. The lowest BCUT2D eigenvalue weighted by molar-refractivity contribution is 0.103. The van der Waals surface area contributed by atoms with Crippen molar-refractivity contribution in [2.24, 2.45) is 0 Å². The minimum Gasteiger partial charge on any atom is -0.493 e. The molecule has 0 saturated carbocycles.